The van der Waals surface area contributed by atoms with Crippen LogP contribution in [-0.2, 0) is 14.8 Å². The molecule has 29 heavy (non-hydrogen) atoms. The van der Waals surface area contributed by atoms with E-state index in [0.717, 1.165) is 10.8 Å². The first kappa shape index (κ1) is 20.6. The van der Waals surface area contributed by atoms with Gasteiger partial charge in [-0.3, -0.25) is 4.79 Å². The fourth-order valence-electron chi connectivity index (χ4n) is 2.85. The van der Waals surface area contributed by atoms with Crippen LogP contribution in [0.2, 0.25) is 0 Å². The second kappa shape index (κ2) is 8.50. The lowest BCUT2D eigenvalue weighted by atomic mass is 10.1. The lowest BCUT2D eigenvalue weighted by molar-refractivity contribution is -0.117. The third-order valence-corrected chi connectivity index (χ3v) is 5.95. The van der Waals surface area contributed by atoms with Gasteiger partial charge in [-0.2, -0.15) is 4.72 Å². The maximum atomic E-state index is 12.7. The Bertz CT molecular complexity index is 1140. The lowest BCUT2D eigenvalue weighted by Gasteiger charge is -2.16. The van der Waals surface area contributed by atoms with Crippen molar-refractivity contribution in [3.8, 4) is 11.5 Å². The number of anilines is 1. The first-order valence-electron chi connectivity index (χ1n) is 8.88. The van der Waals surface area contributed by atoms with Crippen LogP contribution in [0.4, 0.5) is 5.69 Å². The zero-order valence-electron chi connectivity index (χ0n) is 16.3. The molecule has 3 aromatic rings. The molecule has 2 N–H and O–H groups in total. The Hall–Kier alpha value is -3.10. The molecule has 152 valence electrons. The topological polar surface area (TPSA) is 93.7 Å². The zero-order valence-corrected chi connectivity index (χ0v) is 17.1. The van der Waals surface area contributed by atoms with E-state index < -0.39 is 22.0 Å². The first-order chi connectivity index (χ1) is 13.8. The molecular weight excluding hydrogens is 392 g/mol. The van der Waals surface area contributed by atoms with E-state index in [2.05, 4.69) is 10.0 Å². The van der Waals surface area contributed by atoms with Crippen LogP contribution in [-0.4, -0.2) is 34.6 Å². The van der Waals surface area contributed by atoms with Crippen LogP contribution in [0, 0.1) is 0 Å². The van der Waals surface area contributed by atoms with E-state index in [-0.39, 0.29) is 4.90 Å². The van der Waals surface area contributed by atoms with E-state index in [4.69, 9.17) is 9.47 Å². The van der Waals surface area contributed by atoms with Crippen molar-refractivity contribution in [1.29, 1.82) is 0 Å². The summed E-state index contributed by atoms with van der Waals surface area (Å²) >= 11 is 0. The van der Waals surface area contributed by atoms with E-state index in [1.165, 1.54) is 27.2 Å². The number of carbonyl (C=O) groups is 1. The molecule has 0 saturated carbocycles. The second-order valence-electron chi connectivity index (χ2n) is 6.41. The van der Waals surface area contributed by atoms with Crippen molar-refractivity contribution in [3.63, 3.8) is 0 Å². The fourth-order valence-corrected chi connectivity index (χ4v) is 4.09. The maximum Gasteiger partial charge on any atom is 0.242 e. The number of nitrogens with one attached hydrogen (secondary N) is 2. The lowest BCUT2D eigenvalue weighted by Crippen LogP contribution is -2.41. The van der Waals surface area contributed by atoms with Crippen LogP contribution >= 0.6 is 0 Å². The number of hydrogen-bond acceptors (Lipinski definition) is 5. The second-order valence-corrected chi connectivity index (χ2v) is 8.12. The van der Waals surface area contributed by atoms with E-state index in [0.29, 0.717) is 17.2 Å². The Kier molecular flexibility index (Phi) is 6.05. The molecule has 0 radical (unpaired) electrons. The molecule has 1 amide bonds. The summed E-state index contributed by atoms with van der Waals surface area (Å²) < 4.78 is 38.2. The van der Waals surface area contributed by atoms with Crippen molar-refractivity contribution >= 4 is 32.4 Å². The van der Waals surface area contributed by atoms with Crippen molar-refractivity contribution in [1.82, 2.24) is 4.72 Å². The molecule has 7 nitrogen and oxygen atoms in total. The summed E-state index contributed by atoms with van der Waals surface area (Å²) in [5.41, 5.74) is 0.462. The normalized spacial score (nSPS) is 12.4. The Morgan fingerprint density at radius 3 is 2.28 bits per heavy atom. The standard InChI is InChI=1S/C21H22N2O5S/c1-14(21(24)22-17-9-11-19(27-2)20(13-17)28-3)23-29(25,26)18-10-8-15-6-4-5-7-16(15)12-18/h4-14,23H,1-3H3,(H,22,24)/t14-/m0/s1. The average molecular weight is 414 g/mol. The third-order valence-electron chi connectivity index (χ3n) is 4.41. The minimum Gasteiger partial charge on any atom is -0.493 e. The van der Waals surface area contributed by atoms with Crippen molar-refractivity contribution in [3.05, 3.63) is 60.7 Å². The number of carbonyl (C=O) groups excluding carboxylic acids is 1. The van der Waals surface area contributed by atoms with Gasteiger partial charge in [0.05, 0.1) is 25.2 Å². The van der Waals surface area contributed by atoms with E-state index in [9.17, 15) is 13.2 Å². The summed E-state index contributed by atoms with van der Waals surface area (Å²) in [5, 5.41) is 4.41. The highest BCUT2D eigenvalue weighted by atomic mass is 32.2. The van der Waals surface area contributed by atoms with E-state index >= 15 is 0 Å². The number of fused-ring (bicyclic) bond motifs is 1. The number of rotatable bonds is 7. The van der Waals surface area contributed by atoms with Gasteiger partial charge in [0.1, 0.15) is 0 Å². The minimum atomic E-state index is -3.87. The Morgan fingerprint density at radius 1 is 0.897 bits per heavy atom. The Morgan fingerprint density at radius 2 is 1.59 bits per heavy atom. The Balaban J connectivity index is 1.74. The van der Waals surface area contributed by atoms with Gasteiger partial charge in [-0.1, -0.05) is 30.3 Å². The third kappa shape index (κ3) is 4.67. The largest absolute Gasteiger partial charge is 0.493 e. The van der Waals surface area contributed by atoms with E-state index in [1.54, 1.807) is 30.3 Å². The minimum absolute atomic E-state index is 0.0990. The predicted molar refractivity (Wildman–Crippen MR) is 112 cm³/mol. The molecular formula is C21H22N2O5S. The van der Waals surface area contributed by atoms with Gasteiger partial charge < -0.3 is 14.8 Å². The molecule has 0 heterocycles. The number of ether oxygens (including phenoxy) is 2. The van der Waals surface area contributed by atoms with Gasteiger partial charge in [-0.25, -0.2) is 8.42 Å². The monoisotopic (exact) mass is 414 g/mol. The fraction of sp³-hybridized carbons (Fsp3) is 0.190. The molecule has 0 aliphatic carbocycles. The van der Waals surface area contributed by atoms with Gasteiger partial charge in [-0.05, 0) is 42.0 Å². The van der Waals surface area contributed by atoms with Gasteiger partial charge in [0.15, 0.2) is 11.5 Å². The van der Waals surface area contributed by atoms with Crippen molar-refractivity contribution in [2.75, 3.05) is 19.5 Å². The number of methoxy groups -OCH3 is 2. The molecule has 0 aliphatic heterocycles. The molecule has 0 bridgehead atoms. The van der Waals surface area contributed by atoms with Gasteiger partial charge in [0.25, 0.3) is 0 Å². The highest BCUT2D eigenvalue weighted by molar-refractivity contribution is 7.89. The summed E-state index contributed by atoms with van der Waals surface area (Å²) in [6, 6.07) is 16.2. The zero-order chi connectivity index (χ0) is 21.0. The first-order valence-corrected chi connectivity index (χ1v) is 10.4. The predicted octanol–water partition coefficient (Wildman–Crippen LogP) is 3.16. The maximum absolute atomic E-state index is 12.7. The summed E-state index contributed by atoms with van der Waals surface area (Å²) in [6.45, 7) is 1.48. The van der Waals surface area contributed by atoms with Crippen LogP contribution in [0.25, 0.3) is 10.8 Å². The molecule has 0 aromatic heterocycles. The van der Waals surface area contributed by atoms with Gasteiger partial charge in [-0.15, -0.1) is 0 Å². The number of hydrogen-bond donors (Lipinski definition) is 2. The molecule has 1 atom stereocenters. The average Bonchev–Trinajstić information content (AvgIpc) is 2.72. The van der Waals surface area contributed by atoms with Crippen molar-refractivity contribution in [2.24, 2.45) is 0 Å². The molecule has 0 fully saturated rings. The van der Waals surface area contributed by atoms with Crippen LogP contribution in [0.15, 0.2) is 65.6 Å². The highest BCUT2D eigenvalue weighted by Crippen LogP contribution is 2.29. The number of benzene rings is 3. The molecule has 0 unspecified atom stereocenters. The quantitative estimate of drug-likeness (QED) is 0.619. The summed E-state index contributed by atoms with van der Waals surface area (Å²) in [6.07, 6.45) is 0. The molecule has 8 heteroatoms. The number of sulfonamides is 1. The van der Waals surface area contributed by atoms with Gasteiger partial charge >= 0.3 is 0 Å². The van der Waals surface area contributed by atoms with Crippen LogP contribution in [0.3, 0.4) is 0 Å². The molecule has 3 rings (SSSR count). The van der Waals surface area contributed by atoms with Crippen LogP contribution < -0.4 is 19.5 Å². The van der Waals surface area contributed by atoms with Gasteiger partial charge in [0.2, 0.25) is 15.9 Å². The van der Waals surface area contributed by atoms with Crippen LogP contribution in [0.5, 0.6) is 11.5 Å². The van der Waals surface area contributed by atoms with Crippen LogP contribution in [0.1, 0.15) is 6.92 Å². The molecule has 0 saturated heterocycles. The molecule has 0 spiro atoms. The summed E-state index contributed by atoms with van der Waals surface area (Å²) in [5.74, 6) is 0.479. The smallest absolute Gasteiger partial charge is 0.242 e. The van der Waals surface area contributed by atoms with Crippen molar-refractivity contribution < 1.29 is 22.7 Å². The van der Waals surface area contributed by atoms with Crippen molar-refractivity contribution in [2.45, 2.75) is 17.9 Å². The van der Waals surface area contributed by atoms with Gasteiger partial charge in [0, 0.05) is 11.8 Å². The van der Waals surface area contributed by atoms with E-state index in [1.807, 2.05) is 24.3 Å². The summed E-state index contributed by atoms with van der Waals surface area (Å²) in [7, 11) is -0.864. The number of amides is 1. The highest BCUT2D eigenvalue weighted by Gasteiger charge is 2.22. The Labute approximate surface area is 169 Å². The SMILES string of the molecule is COc1ccc(NC(=O)[C@H](C)NS(=O)(=O)c2ccc3ccccc3c2)cc1OC. The molecule has 0 aliphatic rings. The molecule has 3 aromatic carbocycles. The summed E-state index contributed by atoms with van der Waals surface area (Å²) in [4.78, 5) is 12.6.